The molecule has 7 nitrogen and oxygen atoms in total. The largest absolute Gasteiger partial charge is 0.404 e. The van der Waals surface area contributed by atoms with E-state index in [-0.39, 0.29) is 5.69 Å². The van der Waals surface area contributed by atoms with Crippen molar-refractivity contribution in [3.05, 3.63) is 59.9 Å². The normalized spacial score (nSPS) is 14.6. The summed E-state index contributed by atoms with van der Waals surface area (Å²) in [7, 11) is -4.46. The van der Waals surface area contributed by atoms with Gasteiger partial charge in [0.15, 0.2) is 0 Å². The van der Waals surface area contributed by atoms with Crippen molar-refractivity contribution in [1.82, 2.24) is 19.3 Å². The van der Waals surface area contributed by atoms with Crippen LogP contribution in [0, 0.1) is 18.3 Å². The lowest BCUT2D eigenvalue weighted by atomic mass is 10.1. The topological polar surface area (TPSA) is 101 Å². The van der Waals surface area contributed by atoms with Gasteiger partial charge in [0.05, 0.1) is 17.0 Å². The van der Waals surface area contributed by atoms with Crippen LogP contribution in [0.15, 0.2) is 53.7 Å². The van der Waals surface area contributed by atoms with Crippen LogP contribution in [0.1, 0.15) is 24.5 Å². The summed E-state index contributed by atoms with van der Waals surface area (Å²) in [5, 5.41) is 10.5. The Kier molecular flexibility index (Phi) is 5.59. The molecule has 0 saturated heterocycles. The molecular weight excluding hydrogens is 455 g/mol. The number of nitriles is 1. The Balaban J connectivity index is 1.80. The van der Waals surface area contributed by atoms with Gasteiger partial charge in [-0.1, -0.05) is 13.0 Å². The van der Waals surface area contributed by atoms with Crippen molar-refractivity contribution in [1.29, 1.82) is 5.26 Å². The standard InChI is InChI=1S/C22H18F3N5O2S/c1-3-19(22(23,24)25)29-33(31,32)15-7-8-18(27-12-15)20-17(10-26)16-9-13(2)11-28-21(16)30(20)14-5-4-6-14/h4-9,11-12,19,29H,3H2,1-2H3. The van der Waals surface area contributed by atoms with Crippen molar-refractivity contribution >= 4 is 26.8 Å². The molecule has 4 rings (SSSR count). The number of sulfonamides is 1. The van der Waals surface area contributed by atoms with Crippen LogP contribution < -0.4 is 4.72 Å². The molecule has 3 aromatic rings. The van der Waals surface area contributed by atoms with Gasteiger partial charge < -0.3 is 0 Å². The first-order valence-corrected chi connectivity index (χ1v) is 11.4. The van der Waals surface area contributed by atoms with E-state index in [4.69, 9.17) is 0 Å². The maximum Gasteiger partial charge on any atom is 0.404 e. The number of nitrogens with zero attached hydrogens (tertiary/aromatic N) is 4. The highest BCUT2D eigenvalue weighted by Gasteiger charge is 2.41. The first-order valence-electron chi connectivity index (χ1n) is 9.92. The second-order valence-electron chi connectivity index (χ2n) is 7.51. The molecule has 0 fully saturated rings. The van der Waals surface area contributed by atoms with Gasteiger partial charge in [0.1, 0.15) is 22.7 Å². The van der Waals surface area contributed by atoms with E-state index >= 15 is 0 Å². The molecule has 3 heterocycles. The fourth-order valence-corrected chi connectivity index (χ4v) is 4.77. The summed E-state index contributed by atoms with van der Waals surface area (Å²) in [5.41, 5.74) is 3.18. The van der Waals surface area contributed by atoms with E-state index in [9.17, 15) is 26.9 Å². The van der Waals surface area contributed by atoms with Crippen molar-refractivity contribution in [3.8, 4) is 17.5 Å². The second-order valence-corrected chi connectivity index (χ2v) is 9.22. The van der Waals surface area contributed by atoms with Gasteiger partial charge in [0, 0.05) is 23.5 Å². The van der Waals surface area contributed by atoms with Crippen LogP contribution in [0.3, 0.4) is 0 Å². The number of fused-ring (bicyclic) bond motifs is 1. The SMILES string of the molecule is CCC(NS(=O)(=O)c1ccc(-c2c(C#N)c3cc(C)cnc3n2C2=CC=C2)nc1)C(F)(F)F. The lowest BCUT2D eigenvalue weighted by molar-refractivity contribution is -0.151. The summed E-state index contributed by atoms with van der Waals surface area (Å²) in [6.45, 7) is 3.09. The molecule has 0 bridgehead atoms. The van der Waals surface area contributed by atoms with Crippen LogP contribution in [0.4, 0.5) is 13.2 Å². The third-order valence-corrected chi connectivity index (χ3v) is 6.70. The Morgan fingerprint density at radius 3 is 2.48 bits per heavy atom. The molecule has 11 heteroatoms. The zero-order chi connectivity index (χ0) is 24.0. The number of alkyl halides is 3. The van der Waals surface area contributed by atoms with Crippen molar-refractivity contribution in [3.63, 3.8) is 0 Å². The third kappa shape index (κ3) is 4.03. The predicted molar refractivity (Wildman–Crippen MR) is 116 cm³/mol. The quantitative estimate of drug-likeness (QED) is 0.575. The smallest absolute Gasteiger partial charge is 0.291 e. The van der Waals surface area contributed by atoms with Gasteiger partial charge in [0.2, 0.25) is 10.0 Å². The molecule has 0 aromatic carbocycles. The van der Waals surface area contributed by atoms with Gasteiger partial charge in [-0.2, -0.15) is 23.2 Å². The van der Waals surface area contributed by atoms with Crippen molar-refractivity contribution in [2.45, 2.75) is 37.4 Å². The highest BCUT2D eigenvalue weighted by Crippen LogP contribution is 2.36. The van der Waals surface area contributed by atoms with E-state index in [2.05, 4.69) is 16.0 Å². The van der Waals surface area contributed by atoms with Gasteiger partial charge >= 0.3 is 6.18 Å². The van der Waals surface area contributed by atoms with Crippen LogP contribution in [-0.4, -0.2) is 35.2 Å². The molecule has 3 aromatic heterocycles. The zero-order valence-corrected chi connectivity index (χ0v) is 18.4. The van der Waals surface area contributed by atoms with Gasteiger partial charge in [0.25, 0.3) is 0 Å². The highest BCUT2D eigenvalue weighted by molar-refractivity contribution is 7.89. The number of halogens is 3. The van der Waals surface area contributed by atoms with Crippen LogP contribution >= 0.6 is 0 Å². The fraction of sp³-hybridized carbons (Fsp3) is 0.227. The molecule has 0 spiro atoms. The Morgan fingerprint density at radius 1 is 1.24 bits per heavy atom. The molecule has 33 heavy (non-hydrogen) atoms. The summed E-state index contributed by atoms with van der Waals surface area (Å²) in [4.78, 5) is 8.23. The number of rotatable bonds is 6. The van der Waals surface area contributed by atoms with Crippen molar-refractivity contribution in [2.75, 3.05) is 0 Å². The molecule has 0 aliphatic heterocycles. The van der Waals surface area contributed by atoms with Gasteiger partial charge in [-0.3, -0.25) is 9.55 Å². The first-order chi connectivity index (χ1) is 15.6. The number of nitrogens with one attached hydrogen (secondary N) is 1. The van der Waals surface area contributed by atoms with E-state index in [1.54, 1.807) is 15.5 Å². The minimum absolute atomic E-state index is 0.283. The molecule has 1 atom stereocenters. The van der Waals surface area contributed by atoms with Crippen LogP contribution in [0.5, 0.6) is 0 Å². The highest BCUT2D eigenvalue weighted by atomic mass is 32.2. The molecule has 0 radical (unpaired) electrons. The fourth-order valence-electron chi connectivity index (χ4n) is 3.52. The number of hydrogen-bond donors (Lipinski definition) is 1. The Bertz CT molecular complexity index is 1450. The number of hydrogen-bond acceptors (Lipinski definition) is 5. The molecular formula is C22H18F3N5O2S. The van der Waals surface area contributed by atoms with Gasteiger partial charge in [-0.15, -0.1) is 0 Å². The molecule has 1 aliphatic rings. The zero-order valence-electron chi connectivity index (χ0n) is 17.6. The number of aromatic nitrogens is 3. The summed E-state index contributed by atoms with van der Waals surface area (Å²) in [6.07, 6.45) is 2.97. The molecule has 1 unspecified atom stereocenters. The van der Waals surface area contributed by atoms with Crippen molar-refractivity contribution < 1.29 is 21.6 Å². The number of pyridine rings is 2. The van der Waals surface area contributed by atoms with Crippen LogP contribution in [0.2, 0.25) is 0 Å². The van der Waals surface area contributed by atoms with E-state index in [1.165, 1.54) is 19.1 Å². The average molecular weight is 473 g/mol. The van der Waals surface area contributed by atoms with Gasteiger partial charge in [-0.25, -0.2) is 13.4 Å². The second kappa shape index (κ2) is 8.13. The van der Waals surface area contributed by atoms with Gasteiger partial charge in [-0.05, 0) is 49.3 Å². The summed E-state index contributed by atoms with van der Waals surface area (Å²) < 4.78 is 67.5. The molecule has 1 N–H and O–H groups in total. The van der Waals surface area contributed by atoms with Crippen LogP contribution in [0.25, 0.3) is 28.1 Å². The maximum absolute atomic E-state index is 13.0. The molecule has 170 valence electrons. The molecule has 0 amide bonds. The summed E-state index contributed by atoms with van der Waals surface area (Å²) in [6, 6.07) is 4.33. The third-order valence-electron chi connectivity index (χ3n) is 5.24. The monoisotopic (exact) mass is 473 g/mol. The minimum atomic E-state index is -4.72. The molecule has 1 aliphatic carbocycles. The summed E-state index contributed by atoms with van der Waals surface area (Å²) >= 11 is 0. The Labute approximate surface area is 187 Å². The average Bonchev–Trinajstić information content (AvgIpc) is 3.03. The van der Waals surface area contributed by atoms with E-state index < -0.39 is 33.6 Å². The predicted octanol–water partition coefficient (Wildman–Crippen LogP) is 4.31. The maximum atomic E-state index is 13.0. The number of allylic oxidation sites excluding steroid dienone is 4. The van der Waals surface area contributed by atoms with E-state index in [0.717, 1.165) is 17.5 Å². The minimum Gasteiger partial charge on any atom is -0.291 e. The van der Waals surface area contributed by atoms with Crippen molar-refractivity contribution in [2.24, 2.45) is 0 Å². The Hall–Kier alpha value is -3.49. The summed E-state index contributed by atoms with van der Waals surface area (Å²) in [5.74, 6) is 0. The molecule has 0 saturated carbocycles. The first kappa shape index (κ1) is 22.7. The van der Waals surface area contributed by atoms with Crippen LogP contribution in [-0.2, 0) is 10.0 Å². The lowest BCUT2D eigenvalue weighted by Gasteiger charge is -2.20. The van der Waals surface area contributed by atoms with E-state index in [0.29, 0.717) is 22.3 Å². The number of aryl methyl sites for hydroxylation is 1. The van der Waals surface area contributed by atoms with E-state index in [1.807, 2.05) is 31.2 Å². The lowest BCUT2D eigenvalue weighted by Crippen LogP contribution is -2.44. The Morgan fingerprint density at radius 2 is 1.97 bits per heavy atom.